The third-order valence-electron chi connectivity index (χ3n) is 3.84. The Hall–Kier alpha value is -2.86. The summed E-state index contributed by atoms with van der Waals surface area (Å²) in [6, 6.07) is 11.0. The maximum absolute atomic E-state index is 12.5. The summed E-state index contributed by atoms with van der Waals surface area (Å²) in [6.07, 6.45) is 3.23. The number of carbonyl (C=O) groups is 1. The summed E-state index contributed by atoms with van der Waals surface area (Å²) >= 11 is 6.21. The molecular weight excluding hydrogens is 338 g/mol. The molecule has 0 unspecified atom stereocenters. The summed E-state index contributed by atoms with van der Waals surface area (Å²) in [4.78, 5) is 18.7. The number of carbonyl (C=O) groups excluding carboxylic acids is 1. The molecule has 0 spiro atoms. The van der Waals surface area contributed by atoms with Crippen LogP contribution in [0, 0.1) is 6.92 Å². The third-order valence-corrected chi connectivity index (χ3v) is 4.16. The average Bonchev–Trinajstić information content (AvgIpc) is 2.97. The van der Waals surface area contributed by atoms with Crippen molar-refractivity contribution in [3.05, 3.63) is 65.1 Å². The molecule has 6 nitrogen and oxygen atoms in total. The van der Waals surface area contributed by atoms with Gasteiger partial charge in [0.15, 0.2) is 0 Å². The van der Waals surface area contributed by atoms with Crippen LogP contribution in [0.5, 0.6) is 0 Å². The number of rotatable bonds is 4. The lowest BCUT2D eigenvalue weighted by Gasteiger charge is -2.12. The van der Waals surface area contributed by atoms with E-state index in [0.717, 1.165) is 11.4 Å². The first-order chi connectivity index (χ1) is 12.0. The number of hydrogen-bond acceptors (Lipinski definition) is 4. The monoisotopic (exact) mass is 355 g/mol. The lowest BCUT2D eigenvalue weighted by molar-refractivity contribution is 0.102. The molecule has 0 saturated heterocycles. The van der Waals surface area contributed by atoms with Crippen LogP contribution in [0.4, 0.5) is 11.5 Å². The minimum Gasteiger partial charge on any atom is -0.376 e. The van der Waals surface area contributed by atoms with E-state index in [-0.39, 0.29) is 5.91 Å². The predicted octanol–water partition coefficient (Wildman–Crippen LogP) is 3.55. The van der Waals surface area contributed by atoms with Gasteiger partial charge in [0.1, 0.15) is 5.82 Å². The molecule has 3 rings (SSSR count). The van der Waals surface area contributed by atoms with Gasteiger partial charge in [-0.1, -0.05) is 23.7 Å². The molecule has 2 aromatic heterocycles. The summed E-state index contributed by atoms with van der Waals surface area (Å²) in [7, 11) is 3.86. The Labute approximate surface area is 151 Å². The Morgan fingerprint density at radius 2 is 1.92 bits per heavy atom. The maximum atomic E-state index is 12.5. The van der Waals surface area contributed by atoms with Crippen LogP contribution < -0.4 is 10.2 Å². The van der Waals surface area contributed by atoms with E-state index >= 15 is 0 Å². The Bertz CT molecular complexity index is 902. The number of amides is 1. The summed E-state index contributed by atoms with van der Waals surface area (Å²) in [6.45, 7) is 1.83. The van der Waals surface area contributed by atoms with E-state index in [1.807, 2.05) is 50.2 Å². The molecule has 0 radical (unpaired) electrons. The molecule has 0 fully saturated rings. The zero-order chi connectivity index (χ0) is 18.0. The second-order valence-corrected chi connectivity index (χ2v) is 6.16. The smallest absolute Gasteiger partial charge is 0.260 e. The Morgan fingerprint density at radius 1 is 1.16 bits per heavy atom. The van der Waals surface area contributed by atoms with Gasteiger partial charge in [-0.15, -0.1) is 0 Å². The molecule has 2 heterocycles. The molecule has 0 saturated carbocycles. The number of nitrogens with one attached hydrogen (secondary N) is 1. The maximum Gasteiger partial charge on any atom is 0.260 e. The van der Waals surface area contributed by atoms with Crippen molar-refractivity contribution in [1.82, 2.24) is 14.8 Å². The highest BCUT2D eigenvalue weighted by molar-refractivity contribution is 6.32. The number of anilines is 2. The predicted molar refractivity (Wildman–Crippen MR) is 99.8 cm³/mol. The molecule has 3 aromatic rings. The van der Waals surface area contributed by atoms with Crippen LogP contribution in [0.3, 0.4) is 0 Å². The molecule has 1 N–H and O–H groups in total. The molecule has 0 aliphatic heterocycles. The van der Waals surface area contributed by atoms with E-state index in [1.165, 1.54) is 6.20 Å². The third kappa shape index (κ3) is 3.49. The molecule has 128 valence electrons. The topological polar surface area (TPSA) is 63.1 Å². The summed E-state index contributed by atoms with van der Waals surface area (Å²) < 4.78 is 1.65. The van der Waals surface area contributed by atoms with Crippen molar-refractivity contribution >= 4 is 29.0 Å². The molecule has 1 amide bonds. The fourth-order valence-electron chi connectivity index (χ4n) is 2.41. The normalized spacial score (nSPS) is 10.6. The fourth-order valence-corrected chi connectivity index (χ4v) is 2.62. The molecular formula is C18H18ClN5O. The highest BCUT2D eigenvalue weighted by Gasteiger charge is 2.16. The van der Waals surface area contributed by atoms with Gasteiger partial charge in [0, 0.05) is 14.1 Å². The second-order valence-electron chi connectivity index (χ2n) is 5.76. The summed E-state index contributed by atoms with van der Waals surface area (Å²) in [5, 5.41) is 7.65. The first kappa shape index (κ1) is 17.0. The molecule has 0 aliphatic rings. The highest BCUT2D eigenvalue weighted by atomic mass is 35.5. The van der Waals surface area contributed by atoms with Crippen LogP contribution in [0.25, 0.3) is 5.69 Å². The number of nitrogens with zero attached hydrogens (tertiary/aromatic N) is 4. The SMILES string of the molecule is Cc1c(C(=O)Nc2ccc(N(C)C)cn2)cnn1-c1ccccc1Cl. The van der Waals surface area contributed by atoms with E-state index in [0.29, 0.717) is 22.1 Å². The summed E-state index contributed by atoms with van der Waals surface area (Å²) in [5.74, 6) is 0.224. The van der Waals surface area contributed by atoms with Gasteiger partial charge >= 0.3 is 0 Å². The van der Waals surface area contributed by atoms with Crippen molar-refractivity contribution in [2.24, 2.45) is 0 Å². The molecule has 0 aliphatic carbocycles. The number of benzene rings is 1. The van der Waals surface area contributed by atoms with Crippen molar-refractivity contribution in [2.75, 3.05) is 24.3 Å². The fraction of sp³-hybridized carbons (Fsp3) is 0.167. The number of para-hydroxylation sites is 1. The molecule has 1 aromatic carbocycles. The van der Waals surface area contributed by atoms with Crippen LogP contribution >= 0.6 is 11.6 Å². The number of pyridine rings is 1. The van der Waals surface area contributed by atoms with Crippen LogP contribution in [0.1, 0.15) is 16.1 Å². The van der Waals surface area contributed by atoms with Gasteiger partial charge in [0.2, 0.25) is 0 Å². The van der Waals surface area contributed by atoms with Crippen molar-refractivity contribution in [3.8, 4) is 5.69 Å². The van der Waals surface area contributed by atoms with Gasteiger partial charge in [-0.25, -0.2) is 9.67 Å². The van der Waals surface area contributed by atoms with Gasteiger partial charge in [-0.2, -0.15) is 5.10 Å². The first-order valence-corrected chi connectivity index (χ1v) is 8.09. The van der Waals surface area contributed by atoms with Crippen LogP contribution in [0.2, 0.25) is 5.02 Å². The first-order valence-electron chi connectivity index (χ1n) is 7.71. The van der Waals surface area contributed by atoms with Gasteiger partial charge in [-0.05, 0) is 31.2 Å². The van der Waals surface area contributed by atoms with Crippen molar-refractivity contribution in [2.45, 2.75) is 6.92 Å². The highest BCUT2D eigenvalue weighted by Crippen LogP contribution is 2.22. The number of hydrogen-bond donors (Lipinski definition) is 1. The second kappa shape index (κ2) is 6.94. The minimum atomic E-state index is -0.263. The van der Waals surface area contributed by atoms with E-state index < -0.39 is 0 Å². The van der Waals surface area contributed by atoms with Crippen molar-refractivity contribution in [3.63, 3.8) is 0 Å². The molecule has 0 bridgehead atoms. The zero-order valence-corrected chi connectivity index (χ0v) is 14.9. The minimum absolute atomic E-state index is 0.263. The van der Waals surface area contributed by atoms with Crippen LogP contribution in [-0.4, -0.2) is 34.8 Å². The number of aromatic nitrogens is 3. The van der Waals surface area contributed by atoms with E-state index in [9.17, 15) is 4.79 Å². The van der Waals surface area contributed by atoms with Crippen LogP contribution in [0.15, 0.2) is 48.8 Å². The van der Waals surface area contributed by atoms with Gasteiger partial charge in [0.05, 0.1) is 40.0 Å². The standard InChI is InChI=1S/C18H18ClN5O/c1-12-14(11-21-24(12)16-7-5-4-6-15(16)19)18(25)22-17-9-8-13(10-20-17)23(2)3/h4-11H,1-3H3,(H,20,22,25). The zero-order valence-electron chi connectivity index (χ0n) is 14.2. The summed E-state index contributed by atoms with van der Waals surface area (Å²) in [5.41, 5.74) is 2.86. The van der Waals surface area contributed by atoms with E-state index in [4.69, 9.17) is 11.6 Å². The number of halogens is 1. The molecule has 25 heavy (non-hydrogen) atoms. The van der Waals surface area contributed by atoms with Gasteiger partial charge < -0.3 is 10.2 Å². The van der Waals surface area contributed by atoms with Crippen molar-refractivity contribution < 1.29 is 4.79 Å². The Balaban J connectivity index is 1.83. The van der Waals surface area contributed by atoms with E-state index in [1.54, 1.807) is 23.0 Å². The molecule has 7 heteroatoms. The average molecular weight is 356 g/mol. The Kier molecular flexibility index (Phi) is 4.72. The van der Waals surface area contributed by atoms with Crippen LogP contribution in [-0.2, 0) is 0 Å². The largest absolute Gasteiger partial charge is 0.376 e. The van der Waals surface area contributed by atoms with E-state index in [2.05, 4.69) is 15.4 Å². The van der Waals surface area contributed by atoms with Gasteiger partial charge in [0.25, 0.3) is 5.91 Å². The Morgan fingerprint density at radius 3 is 2.56 bits per heavy atom. The van der Waals surface area contributed by atoms with Crippen molar-refractivity contribution in [1.29, 1.82) is 0 Å². The lowest BCUT2D eigenvalue weighted by Crippen LogP contribution is -2.15. The van der Waals surface area contributed by atoms with Gasteiger partial charge in [-0.3, -0.25) is 4.79 Å². The quantitative estimate of drug-likeness (QED) is 0.777. The lowest BCUT2D eigenvalue weighted by atomic mass is 10.2. The molecule has 0 atom stereocenters.